The van der Waals surface area contributed by atoms with Crippen molar-refractivity contribution in [3.8, 4) is 0 Å². The van der Waals surface area contributed by atoms with Gasteiger partial charge < -0.3 is 9.64 Å². The third kappa shape index (κ3) is 3.91. The van der Waals surface area contributed by atoms with Crippen molar-refractivity contribution in [1.82, 2.24) is 9.88 Å². The summed E-state index contributed by atoms with van der Waals surface area (Å²) >= 11 is 5.82. The van der Waals surface area contributed by atoms with E-state index in [1.54, 1.807) is 27.7 Å². The van der Waals surface area contributed by atoms with Crippen LogP contribution in [0, 0.1) is 11.9 Å². The van der Waals surface area contributed by atoms with Crippen LogP contribution in [0.3, 0.4) is 0 Å². The molecule has 1 fully saturated rings. The zero-order chi connectivity index (χ0) is 17.4. The molecule has 4 nitrogen and oxygen atoms in total. The van der Waals surface area contributed by atoms with Crippen LogP contribution >= 0.6 is 11.6 Å². The maximum absolute atomic E-state index is 15.4. The van der Waals surface area contributed by atoms with Crippen molar-refractivity contribution in [2.24, 2.45) is 5.92 Å². The van der Waals surface area contributed by atoms with E-state index in [4.69, 9.17) is 16.3 Å². The number of aromatic nitrogens is 1. The minimum Gasteiger partial charge on any atom is -0.444 e. The molecule has 1 aliphatic heterocycles. The van der Waals surface area contributed by atoms with Crippen LogP contribution in [0.5, 0.6) is 0 Å². The highest BCUT2D eigenvalue weighted by molar-refractivity contribution is 6.30. The van der Waals surface area contributed by atoms with E-state index in [2.05, 4.69) is 4.98 Å². The van der Waals surface area contributed by atoms with Gasteiger partial charge in [-0.05, 0) is 26.8 Å². The Kier molecular flexibility index (Phi) is 4.85. The van der Waals surface area contributed by atoms with Crippen LogP contribution < -0.4 is 0 Å². The highest BCUT2D eigenvalue weighted by Gasteiger charge is 2.46. The Balaban J connectivity index is 2.17. The Bertz CT molecular complexity index is 606. The van der Waals surface area contributed by atoms with E-state index in [1.165, 1.54) is 11.0 Å². The molecule has 1 saturated heterocycles. The molecule has 1 unspecified atom stereocenters. The molecule has 23 heavy (non-hydrogen) atoms. The van der Waals surface area contributed by atoms with Crippen LogP contribution in [0.1, 0.15) is 39.7 Å². The molecule has 0 spiro atoms. The SMILES string of the molecule is C[C@H]1CN(C(=O)OC(C)(C)C)CCC1(F)c1cc(Cl)cnc1F. The minimum absolute atomic E-state index is 0.0354. The summed E-state index contributed by atoms with van der Waals surface area (Å²) in [4.78, 5) is 17.0. The summed E-state index contributed by atoms with van der Waals surface area (Å²) in [6.07, 6.45) is 0.618. The number of ether oxygens (including phenoxy) is 1. The number of nitrogens with zero attached hydrogens (tertiary/aromatic N) is 2. The van der Waals surface area contributed by atoms with Gasteiger partial charge in [-0.1, -0.05) is 18.5 Å². The second kappa shape index (κ2) is 6.23. The molecule has 0 aliphatic carbocycles. The third-order valence-corrected chi connectivity index (χ3v) is 4.13. The molecule has 1 aliphatic rings. The minimum atomic E-state index is -1.92. The molecule has 0 radical (unpaired) electrons. The summed E-state index contributed by atoms with van der Waals surface area (Å²) in [6, 6.07) is 1.27. The van der Waals surface area contributed by atoms with Gasteiger partial charge in [-0.25, -0.2) is 14.2 Å². The summed E-state index contributed by atoms with van der Waals surface area (Å²) in [5.74, 6) is -1.48. The van der Waals surface area contributed by atoms with Crippen molar-refractivity contribution in [3.63, 3.8) is 0 Å². The van der Waals surface area contributed by atoms with Crippen LogP contribution in [0.25, 0.3) is 0 Å². The molecule has 1 aromatic heterocycles. The fourth-order valence-corrected chi connectivity index (χ4v) is 2.88. The Hall–Kier alpha value is -1.43. The van der Waals surface area contributed by atoms with Gasteiger partial charge in [0.15, 0.2) is 0 Å². The highest BCUT2D eigenvalue weighted by Crippen LogP contribution is 2.42. The van der Waals surface area contributed by atoms with Gasteiger partial charge in [-0.3, -0.25) is 0 Å². The van der Waals surface area contributed by atoms with Gasteiger partial charge in [0.2, 0.25) is 5.95 Å². The number of likely N-dealkylation sites (tertiary alicyclic amines) is 1. The average Bonchev–Trinajstić information content (AvgIpc) is 2.42. The first kappa shape index (κ1) is 17.9. The fraction of sp³-hybridized carbons (Fsp3) is 0.625. The maximum atomic E-state index is 15.4. The predicted octanol–water partition coefficient (Wildman–Crippen LogP) is 4.32. The van der Waals surface area contributed by atoms with Gasteiger partial charge >= 0.3 is 6.09 Å². The largest absolute Gasteiger partial charge is 0.444 e. The summed E-state index contributed by atoms with van der Waals surface area (Å²) in [6.45, 7) is 7.22. The van der Waals surface area contributed by atoms with E-state index in [0.29, 0.717) is 0 Å². The Morgan fingerprint density at radius 2 is 2.17 bits per heavy atom. The molecule has 0 saturated carbocycles. The molecule has 1 amide bonds. The molecule has 2 heterocycles. The van der Waals surface area contributed by atoms with Crippen molar-refractivity contribution in [3.05, 3.63) is 28.8 Å². The van der Waals surface area contributed by atoms with Crippen molar-refractivity contribution in [1.29, 1.82) is 0 Å². The molecule has 2 rings (SSSR count). The second-order valence-electron chi connectivity index (χ2n) is 6.93. The molecule has 7 heteroatoms. The van der Waals surface area contributed by atoms with Crippen LogP contribution in [0.4, 0.5) is 13.6 Å². The topological polar surface area (TPSA) is 42.4 Å². The summed E-state index contributed by atoms with van der Waals surface area (Å²) in [5.41, 5.74) is -2.69. The first-order valence-corrected chi connectivity index (χ1v) is 7.89. The summed E-state index contributed by atoms with van der Waals surface area (Å²) < 4.78 is 34.6. The van der Waals surface area contributed by atoms with E-state index in [1.807, 2.05) is 0 Å². The monoisotopic (exact) mass is 346 g/mol. The van der Waals surface area contributed by atoms with Gasteiger partial charge in [-0.15, -0.1) is 0 Å². The fourth-order valence-electron chi connectivity index (χ4n) is 2.72. The van der Waals surface area contributed by atoms with Crippen molar-refractivity contribution in [2.45, 2.75) is 45.4 Å². The van der Waals surface area contributed by atoms with Gasteiger partial charge in [0.25, 0.3) is 0 Å². The molecule has 0 aromatic carbocycles. The number of hydrogen-bond donors (Lipinski definition) is 0. The molecule has 0 bridgehead atoms. The van der Waals surface area contributed by atoms with Crippen molar-refractivity contribution >= 4 is 17.7 Å². The molecule has 128 valence electrons. The van der Waals surface area contributed by atoms with Gasteiger partial charge in [-0.2, -0.15) is 4.39 Å². The maximum Gasteiger partial charge on any atom is 0.410 e. The van der Waals surface area contributed by atoms with E-state index < -0.39 is 29.2 Å². The zero-order valence-electron chi connectivity index (χ0n) is 13.7. The van der Waals surface area contributed by atoms with E-state index in [9.17, 15) is 9.18 Å². The van der Waals surface area contributed by atoms with Gasteiger partial charge in [0, 0.05) is 37.2 Å². The van der Waals surface area contributed by atoms with Crippen LogP contribution in [-0.2, 0) is 10.4 Å². The van der Waals surface area contributed by atoms with E-state index in [0.717, 1.165) is 6.20 Å². The van der Waals surface area contributed by atoms with E-state index >= 15 is 4.39 Å². The van der Waals surface area contributed by atoms with Crippen molar-refractivity contribution in [2.75, 3.05) is 13.1 Å². The number of pyridine rings is 1. The number of amides is 1. The highest BCUT2D eigenvalue weighted by atomic mass is 35.5. The van der Waals surface area contributed by atoms with Crippen LogP contribution in [-0.4, -0.2) is 34.7 Å². The Morgan fingerprint density at radius 3 is 2.74 bits per heavy atom. The van der Waals surface area contributed by atoms with Gasteiger partial charge in [0.05, 0.1) is 5.02 Å². The Morgan fingerprint density at radius 1 is 1.52 bits per heavy atom. The molecular formula is C16H21ClF2N2O2. The summed E-state index contributed by atoms with van der Waals surface area (Å²) in [7, 11) is 0. The van der Waals surface area contributed by atoms with Gasteiger partial charge in [0.1, 0.15) is 11.3 Å². The number of rotatable bonds is 1. The van der Waals surface area contributed by atoms with Crippen molar-refractivity contribution < 1.29 is 18.3 Å². The lowest BCUT2D eigenvalue weighted by molar-refractivity contribution is -0.0231. The Labute approximate surface area is 139 Å². The number of hydrogen-bond acceptors (Lipinski definition) is 3. The number of carbonyl (C=O) groups excluding carboxylic acids is 1. The smallest absolute Gasteiger partial charge is 0.410 e. The average molecular weight is 347 g/mol. The summed E-state index contributed by atoms with van der Waals surface area (Å²) in [5, 5.41) is 0.181. The second-order valence-corrected chi connectivity index (χ2v) is 7.37. The number of piperidine rings is 1. The molecule has 1 aromatic rings. The number of carbonyl (C=O) groups is 1. The molecular weight excluding hydrogens is 326 g/mol. The first-order valence-electron chi connectivity index (χ1n) is 7.51. The normalized spacial score (nSPS) is 25.3. The number of halogens is 3. The quantitative estimate of drug-likeness (QED) is 0.711. The third-order valence-electron chi connectivity index (χ3n) is 3.93. The molecule has 2 atom stereocenters. The first-order chi connectivity index (χ1) is 10.5. The lowest BCUT2D eigenvalue weighted by atomic mass is 9.79. The number of alkyl halides is 1. The predicted molar refractivity (Wildman–Crippen MR) is 83.6 cm³/mol. The standard InChI is InChI=1S/C16H21ClF2N2O2/c1-10-9-21(14(22)23-15(2,3)4)6-5-16(10,19)12-7-11(17)8-20-13(12)18/h7-8,10H,5-6,9H2,1-4H3/t10-,16?/m0/s1. The lowest BCUT2D eigenvalue weighted by Gasteiger charge is -2.41. The molecule has 0 N–H and O–H groups in total. The zero-order valence-corrected chi connectivity index (χ0v) is 14.5. The lowest BCUT2D eigenvalue weighted by Crippen LogP contribution is -2.50. The van der Waals surface area contributed by atoms with Crippen LogP contribution in [0.2, 0.25) is 5.02 Å². The van der Waals surface area contributed by atoms with Crippen LogP contribution in [0.15, 0.2) is 12.3 Å². The van der Waals surface area contributed by atoms with E-state index in [-0.39, 0.29) is 30.1 Å².